The fraction of sp³-hybridized carbons (Fsp3) is 0.684. The van der Waals surface area contributed by atoms with Crippen LogP contribution in [-0.4, -0.2) is 58.7 Å². The molecule has 0 saturated carbocycles. The SMILES string of the molecule is CCCCOCCOCCOCc1cc2c(cc1CCC)OCO2.[LiH]. The van der Waals surface area contributed by atoms with E-state index in [0.717, 1.165) is 43.8 Å². The standard InChI is InChI=1S/C19H30O5.Li.H/c1-3-5-7-20-8-9-21-10-11-22-14-17-13-19-18(23-15-24-19)12-16(17)6-4-2;;/h12-13H,3-11,14-15H2,1-2H3;;. The molecule has 25 heavy (non-hydrogen) atoms. The van der Waals surface area contributed by atoms with E-state index >= 15 is 0 Å². The van der Waals surface area contributed by atoms with Crippen molar-refractivity contribution in [3.8, 4) is 11.5 Å². The first-order valence-corrected chi connectivity index (χ1v) is 8.99. The minimum absolute atomic E-state index is 0. The summed E-state index contributed by atoms with van der Waals surface area (Å²) in [6.45, 7) is 8.47. The van der Waals surface area contributed by atoms with Gasteiger partial charge in [-0.05, 0) is 36.1 Å². The van der Waals surface area contributed by atoms with Gasteiger partial charge < -0.3 is 23.7 Å². The molecule has 1 aliphatic heterocycles. The average molecular weight is 346 g/mol. The number of aryl methyl sites for hydroxylation is 1. The molecule has 0 fully saturated rings. The maximum absolute atomic E-state index is 5.75. The number of benzene rings is 1. The average Bonchev–Trinajstić information content (AvgIpc) is 3.04. The Morgan fingerprint density at radius 1 is 0.800 bits per heavy atom. The molecule has 0 bridgehead atoms. The van der Waals surface area contributed by atoms with E-state index < -0.39 is 0 Å². The minimum atomic E-state index is 0. The summed E-state index contributed by atoms with van der Waals surface area (Å²) in [5.74, 6) is 1.66. The molecule has 6 heteroatoms. The van der Waals surface area contributed by atoms with Crippen LogP contribution in [-0.2, 0) is 27.2 Å². The predicted octanol–water partition coefficient (Wildman–Crippen LogP) is 3.07. The van der Waals surface area contributed by atoms with Crippen LogP contribution in [0, 0.1) is 0 Å². The van der Waals surface area contributed by atoms with Crippen molar-refractivity contribution in [1.82, 2.24) is 0 Å². The summed E-state index contributed by atoms with van der Waals surface area (Å²) < 4.78 is 27.6. The quantitative estimate of drug-likeness (QED) is 0.406. The van der Waals surface area contributed by atoms with E-state index in [0.29, 0.717) is 39.8 Å². The van der Waals surface area contributed by atoms with Gasteiger partial charge >= 0.3 is 18.9 Å². The Morgan fingerprint density at radius 2 is 1.40 bits per heavy atom. The van der Waals surface area contributed by atoms with Crippen molar-refractivity contribution in [2.45, 2.75) is 46.1 Å². The number of hydrogen-bond donors (Lipinski definition) is 0. The monoisotopic (exact) mass is 346 g/mol. The zero-order valence-corrected chi connectivity index (χ0v) is 15.0. The molecule has 0 saturated heterocycles. The molecule has 0 unspecified atom stereocenters. The first kappa shape index (κ1) is 22.3. The molecule has 138 valence electrons. The van der Waals surface area contributed by atoms with Crippen molar-refractivity contribution in [2.75, 3.05) is 39.8 Å². The molecule has 5 nitrogen and oxygen atoms in total. The summed E-state index contributed by atoms with van der Waals surface area (Å²) in [5, 5.41) is 0. The number of unbranched alkanes of at least 4 members (excludes halogenated alkanes) is 1. The van der Waals surface area contributed by atoms with E-state index in [2.05, 4.69) is 19.9 Å². The summed E-state index contributed by atoms with van der Waals surface area (Å²) in [5.41, 5.74) is 2.44. The number of ether oxygens (including phenoxy) is 5. The molecule has 1 aliphatic rings. The van der Waals surface area contributed by atoms with E-state index in [1.54, 1.807) is 0 Å². The molecular weight excluding hydrogens is 315 g/mol. The van der Waals surface area contributed by atoms with Crippen LogP contribution >= 0.6 is 0 Å². The molecule has 0 N–H and O–H groups in total. The van der Waals surface area contributed by atoms with Crippen LogP contribution in [0.2, 0.25) is 0 Å². The van der Waals surface area contributed by atoms with Crippen molar-refractivity contribution >= 4 is 18.9 Å². The molecule has 1 aromatic carbocycles. The second kappa shape index (κ2) is 13.5. The second-order valence-corrected chi connectivity index (χ2v) is 5.86. The van der Waals surface area contributed by atoms with Gasteiger partial charge in [-0.3, -0.25) is 0 Å². The first-order chi connectivity index (χ1) is 11.8. The summed E-state index contributed by atoms with van der Waals surface area (Å²) in [7, 11) is 0. The molecule has 0 spiro atoms. The van der Waals surface area contributed by atoms with Gasteiger partial charge in [-0.25, -0.2) is 0 Å². The Bertz CT molecular complexity index is 481. The van der Waals surface area contributed by atoms with Crippen molar-refractivity contribution < 1.29 is 23.7 Å². The molecular formula is C19H31LiO5. The van der Waals surface area contributed by atoms with Crippen LogP contribution in [0.1, 0.15) is 44.2 Å². The topological polar surface area (TPSA) is 46.2 Å². The third-order valence-corrected chi connectivity index (χ3v) is 3.86. The van der Waals surface area contributed by atoms with E-state index in [9.17, 15) is 0 Å². The zero-order valence-electron chi connectivity index (χ0n) is 15.0. The van der Waals surface area contributed by atoms with Crippen LogP contribution < -0.4 is 9.47 Å². The van der Waals surface area contributed by atoms with Gasteiger partial charge in [0.1, 0.15) is 0 Å². The van der Waals surface area contributed by atoms with Crippen molar-refractivity contribution in [3.63, 3.8) is 0 Å². The van der Waals surface area contributed by atoms with Gasteiger partial charge in [-0.2, -0.15) is 0 Å². The van der Waals surface area contributed by atoms with E-state index in [1.807, 2.05) is 6.07 Å². The van der Waals surface area contributed by atoms with Gasteiger partial charge in [0.2, 0.25) is 6.79 Å². The van der Waals surface area contributed by atoms with Crippen molar-refractivity contribution in [1.29, 1.82) is 0 Å². The normalized spacial score (nSPS) is 12.2. The first-order valence-electron chi connectivity index (χ1n) is 8.99. The van der Waals surface area contributed by atoms with Crippen LogP contribution in [0.5, 0.6) is 11.5 Å². The van der Waals surface area contributed by atoms with Gasteiger partial charge in [-0.1, -0.05) is 26.7 Å². The molecule has 1 heterocycles. The van der Waals surface area contributed by atoms with Crippen LogP contribution in [0.15, 0.2) is 12.1 Å². The van der Waals surface area contributed by atoms with Gasteiger partial charge in [0.15, 0.2) is 11.5 Å². The maximum atomic E-state index is 5.75. The zero-order chi connectivity index (χ0) is 17.0. The Labute approximate surface area is 163 Å². The third-order valence-electron chi connectivity index (χ3n) is 3.86. The number of rotatable bonds is 13. The van der Waals surface area contributed by atoms with Crippen LogP contribution in [0.4, 0.5) is 0 Å². The van der Waals surface area contributed by atoms with Gasteiger partial charge in [0.25, 0.3) is 0 Å². The fourth-order valence-corrected chi connectivity index (χ4v) is 2.53. The fourth-order valence-electron chi connectivity index (χ4n) is 2.53. The Hall–Kier alpha value is -0.703. The van der Waals surface area contributed by atoms with Gasteiger partial charge in [0.05, 0.1) is 33.0 Å². The Balaban J connectivity index is 0.00000312. The molecule has 0 radical (unpaired) electrons. The number of hydrogen-bond acceptors (Lipinski definition) is 5. The van der Waals surface area contributed by atoms with Crippen LogP contribution in [0.25, 0.3) is 0 Å². The Morgan fingerprint density at radius 3 is 2.04 bits per heavy atom. The van der Waals surface area contributed by atoms with Gasteiger partial charge in [-0.15, -0.1) is 0 Å². The summed E-state index contributed by atoms with van der Waals surface area (Å²) in [6.07, 6.45) is 4.38. The van der Waals surface area contributed by atoms with E-state index in [-0.39, 0.29) is 18.9 Å². The summed E-state index contributed by atoms with van der Waals surface area (Å²) >= 11 is 0. The predicted molar refractivity (Wildman–Crippen MR) is 99.9 cm³/mol. The second-order valence-electron chi connectivity index (χ2n) is 5.86. The molecule has 0 atom stereocenters. The summed E-state index contributed by atoms with van der Waals surface area (Å²) in [6, 6.07) is 4.12. The molecule has 0 amide bonds. The molecule has 0 aliphatic carbocycles. The van der Waals surface area contributed by atoms with Crippen molar-refractivity contribution in [3.05, 3.63) is 23.3 Å². The molecule has 2 rings (SSSR count). The van der Waals surface area contributed by atoms with Crippen molar-refractivity contribution in [2.24, 2.45) is 0 Å². The molecule has 1 aromatic rings. The third kappa shape index (κ3) is 8.02. The van der Waals surface area contributed by atoms with Gasteiger partial charge in [0, 0.05) is 6.61 Å². The summed E-state index contributed by atoms with van der Waals surface area (Å²) in [4.78, 5) is 0. The Kier molecular flexibility index (Phi) is 12.1. The van der Waals surface area contributed by atoms with E-state index in [4.69, 9.17) is 23.7 Å². The van der Waals surface area contributed by atoms with Crippen LogP contribution in [0.3, 0.4) is 0 Å². The van der Waals surface area contributed by atoms with E-state index in [1.165, 1.54) is 11.1 Å². The molecule has 0 aromatic heterocycles. The number of fused-ring (bicyclic) bond motifs is 1.